The zero-order valence-corrected chi connectivity index (χ0v) is 11.7. The van der Waals surface area contributed by atoms with E-state index in [9.17, 15) is 23.1 Å². The van der Waals surface area contributed by atoms with Crippen LogP contribution in [0.25, 0.3) is 0 Å². The molecule has 2 rings (SSSR count). The van der Waals surface area contributed by atoms with E-state index < -0.39 is 24.2 Å². The Balaban J connectivity index is 2.34. The average Bonchev–Trinajstić information content (AvgIpc) is 2.83. The summed E-state index contributed by atoms with van der Waals surface area (Å²) in [4.78, 5) is 15.9. The second-order valence-corrected chi connectivity index (χ2v) is 4.75. The van der Waals surface area contributed by atoms with Crippen molar-refractivity contribution in [3.63, 3.8) is 0 Å². The SMILES string of the molecule is COCCC1=NN(C(=O)c2ccncc2)[C@@](O)(C(F)(F)F)C1. The zero-order chi connectivity index (χ0) is 16.4. The van der Waals surface area contributed by atoms with Gasteiger partial charge >= 0.3 is 6.18 Å². The number of ether oxygens (including phenoxy) is 1. The van der Waals surface area contributed by atoms with Crippen molar-refractivity contribution in [3.8, 4) is 0 Å². The highest BCUT2D eigenvalue weighted by Gasteiger charge is 2.63. The predicted molar refractivity (Wildman–Crippen MR) is 70.0 cm³/mol. The summed E-state index contributed by atoms with van der Waals surface area (Å²) in [5, 5.41) is 13.7. The first-order valence-corrected chi connectivity index (χ1v) is 6.38. The molecule has 1 aromatic rings. The summed E-state index contributed by atoms with van der Waals surface area (Å²) < 4.78 is 44.4. The zero-order valence-electron chi connectivity index (χ0n) is 11.7. The molecular formula is C13H14F3N3O3. The molecule has 0 aromatic carbocycles. The summed E-state index contributed by atoms with van der Waals surface area (Å²) in [5.41, 5.74) is -3.35. The fraction of sp³-hybridized carbons (Fsp3) is 0.462. The van der Waals surface area contributed by atoms with E-state index in [1.165, 1.54) is 31.6 Å². The van der Waals surface area contributed by atoms with Gasteiger partial charge in [0.1, 0.15) is 0 Å². The van der Waals surface area contributed by atoms with Crippen LogP contribution in [0.4, 0.5) is 13.2 Å². The average molecular weight is 317 g/mol. The number of hydrazone groups is 1. The van der Waals surface area contributed by atoms with E-state index in [1.54, 1.807) is 0 Å². The molecule has 0 fully saturated rings. The van der Waals surface area contributed by atoms with Crippen LogP contribution >= 0.6 is 0 Å². The van der Waals surface area contributed by atoms with E-state index in [0.29, 0.717) is 0 Å². The summed E-state index contributed by atoms with van der Waals surface area (Å²) in [6.45, 7) is 0.143. The predicted octanol–water partition coefficient (Wildman–Crippen LogP) is 1.57. The largest absolute Gasteiger partial charge is 0.438 e. The van der Waals surface area contributed by atoms with Gasteiger partial charge in [0.2, 0.25) is 0 Å². The van der Waals surface area contributed by atoms with E-state index in [0.717, 1.165) is 0 Å². The molecule has 0 aliphatic carbocycles. The minimum absolute atomic E-state index is 0.0454. The maximum Gasteiger partial charge on any atom is 0.438 e. The number of halogens is 3. The van der Waals surface area contributed by atoms with Gasteiger partial charge in [-0.05, 0) is 12.1 Å². The van der Waals surface area contributed by atoms with Crippen molar-refractivity contribution in [2.75, 3.05) is 13.7 Å². The third-order valence-electron chi connectivity index (χ3n) is 3.21. The number of carbonyl (C=O) groups excluding carboxylic acids is 1. The maximum atomic E-state index is 13.2. The lowest BCUT2D eigenvalue weighted by Crippen LogP contribution is -2.56. The van der Waals surface area contributed by atoms with Gasteiger partial charge in [-0.1, -0.05) is 0 Å². The molecule has 22 heavy (non-hydrogen) atoms. The Morgan fingerprint density at radius 2 is 2.09 bits per heavy atom. The molecule has 0 saturated carbocycles. The number of methoxy groups -OCH3 is 1. The molecule has 0 saturated heterocycles. The number of aromatic nitrogens is 1. The standard InChI is InChI=1S/C13H14F3N3O3/c1-22-7-4-10-8-12(21,13(14,15)16)19(18-10)11(20)9-2-5-17-6-3-9/h2-3,5-6,21H,4,7-8H2,1H3/t12-/m0/s1. The van der Waals surface area contributed by atoms with Gasteiger partial charge in [0.25, 0.3) is 11.6 Å². The van der Waals surface area contributed by atoms with Gasteiger partial charge in [-0.3, -0.25) is 9.78 Å². The molecule has 6 nitrogen and oxygen atoms in total. The van der Waals surface area contributed by atoms with Crippen molar-refractivity contribution in [1.82, 2.24) is 9.99 Å². The summed E-state index contributed by atoms with van der Waals surface area (Å²) >= 11 is 0. The fourth-order valence-electron chi connectivity index (χ4n) is 2.03. The van der Waals surface area contributed by atoms with Gasteiger partial charge in [0.05, 0.1) is 6.61 Å². The molecule has 9 heteroatoms. The van der Waals surface area contributed by atoms with E-state index in [-0.39, 0.29) is 29.3 Å². The Labute approximate surface area is 124 Å². The Bertz CT molecular complexity index is 577. The Kier molecular flexibility index (Phi) is 4.47. The topological polar surface area (TPSA) is 75.0 Å². The monoisotopic (exact) mass is 317 g/mol. The van der Waals surface area contributed by atoms with E-state index >= 15 is 0 Å². The molecule has 0 spiro atoms. The number of carbonyl (C=O) groups is 1. The summed E-state index contributed by atoms with van der Waals surface area (Å²) in [5.74, 6) is -1.05. The molecule has 1 aliphatic rings. The minimum Gasteiger partial charge on any atom is -0.384 e. The number of aliphatic hydroxyl groups is 1. The molecule has 2 heterocycles. The van der Waals surface area contributed by atoms with E-state index in [1.807, 2.05) is 0 Å². The highest BCUT2D eigenvalue weighted by molar-refractivity contribution is 5.98. The van der Waals surface area contributed by atoms with Crippen molar-refractivity contribution >= 4 is 11.6 Å². The van der Waals surface area contributed by atoms with E-state index in [4.69, 9.17) is 4.74 Å². The van der Waals surface area contributed by atoms with Gasteiger partial charge < -0.3 is 9.84 Å². The third-order valence-corrected chi connectivity index (χ3v) is 3.21. The van der Waals surface area contributed by atoms with Crippen LogP contribution in [0.3, 0.4) is 0 Å². The van der Waals surface area contributed by atoms with Crippen LogP contribution in [0.15, 0.2) is 29.6 Å². The number of amides is 1. The molecule has 0 unspecified atom stereocenters. The fourth-order valence-corrected chi connectivity index (χ4v) is 2.03. The van der Waals surface area contributed by atoms with Crippen molar-refractivity contribution < 1.29 is 27.8 Å². The quantitative estimate of drug-likeness (QED) is 0.915. The lowest BCUT2D eigenvalue weighted by Gasteiger charge is -2.32. The summed E-state index contributed by atoms with van der Waals surface area (Å²) in [7, 11) is 1.39. The smallest absolute Gasteiger partial charge is 0.384 e. The Morgan fingerprint density at radius 3 is 2.64 bits per heavy atom. The summed E-state index contributed by atoms with van der Waals surface area (Å²) in [6, 6.07) is 2.50. The second-order valence-electron chi connectivity index (χ2n) is 4.75. The van der Waals surface area contributed by atoms with Crippen molar-refractivity contribution in [3.05, 3.63) is 30.1 Å². The first-order valence-electron chi connectivity index (χ1n) is 6.38. The van der Waals surface area contributed by atoms with Gasteiger partial charge in [0.15, 0.2) is 0 Å². The van der Waals surface area contributed by atoms with Crippen LogP contribution in [0.2, 0.25) is 0 Å². The normalized spacial score (nSPS) is 21.9. The van der Waals surface area contributed by atoms with Crippen molar-refractivity contribution in [2.45, 2.75) is 24.7 Å². The molecule has 1 atom stereocenters. The lowest BCUT2D eigenvalue weighted by molar-refractivity contribution is -0.297. The Morgan fingerprint density at radius 1 is 1.45 bits per heavy atom. The van der Waals surface area contributed by atoms with Crippen LogP contribution < -0.4 is 0 Å². The van der Waals surface area contributed by atoms with Gasteiger partial charge in [-0.25, -0.2) is 0 Å². The molecule has 0 bridgehead atoms. The van der Waals surface area contributed by atoms with Crippen LogP contribution in [0.5, 0.6) is 0 Å². The molecular weight excluding hydrogens is 303 g/mol. The second kappa shape index (κ2) is 6.01. The maximum absolute atomic E-state index is 13.2. The minimum atomic E-state index is -5.03. The first kappa shape index (κ1) is 16.4. The molecule has 1 amide bonds. The van der Waals surface area contributed by atoms with Crippen molar-refractivity contribution in [2.24, 2.45) is 5.10 Å². The molecule has 120 valence electrons. The number of rotatable bonds is 4. The third kappa shape index (κ3) is 2.95. The van der Waals surface area contributed by atoms with E-state index in [2.05, 4.69) is 10.1 Å². The van der Waals surface area contributed by atoms with Gasteiger partial charge in [-0.15, -0.1) is 0 Å². The van der Waals surface area contributed by atoms with Gasteiger partial charge in [0, 0.05) is 43.6 Å². The molecule has 1 aromatic heterocycles. The lowest BCUT2D eigenvalue weighted by atomic mass is 10.0. The number of pyridine rings is 1. The summed E-state index contributed by atoms with van der Waals surface area (Å²) in [6.07, 6.45) is -3.20. The van der Waals surface area contributed by atoms with Crippen LogP contribution in [-0.4, -0.2) is 52.3 Å². The highest BCUT2D eigenvalue weighted by Crippen LogP contribution is 2.41. The number of hydrogen-bond donors (Lipinski definition) is 1. The van der Waals surface area contributed by atoms with Crippen LogP contribution in [-0.2, 0) is 4.74 Å². The van der Waals surface area contributed by atoms with Crippen LogP contribution in [0.1, 0.15) is 23.2 Å². The number of nitrogens with zero attached hydrogens (tertiary/aromatic N) is 3. The number of alkyl halides is 3. The molecule has 1 N–H and O–H groups in total. The van der Waals surface area contributed by atoms with Gasteiger partial charge in [-0.2, -0.15) is 23.3 Å². The molecule has 1 aliphatic heterocycles. The highest BCUT2D eigenvalue weighted by atomic mass is 19.4. The Hall–Kier alpha value is -2.00. The molecule has 0 radical (unpaired) electrons. The first-order chi connectivity index (χ1) is 10.3. The van der Waals surface area contributed by atoms with Crippen LogP contribution in [0, 0.1) is 0 Å². The van der Waals surface area contributed by atoms with Crippen molar-refractivity contribution in [1.29, 1.82) is 0 Å². The number of hydrogen-bond acceptors (Lipinski definition) is 5.